The van der Waals surface area contributed by atoms with Crippen molar-refractivity contribution in [2.45, 2.75) is 153 Å². The quantitative estimate of drug-likeness (QED) is 0.0719. The average molecular weight is 1030 g/mol. The summed E-state index contributed by atoms with van der Waals surface area (Å²) in [4.78, 5) is 49.5. The van der Waals surface area contributed by atoms with E-state index in [1.54, 1.807) is 12.5 Å². The van der Waals surface area contributed by atoms with Crippen molar-refractivity contribution in [3.8, 4) is 22.5 Å². The van der Waals surface area contributed by atoms with Gasteiger partial charge in [0.1, 0.15) is 30.5 Å². The average Bonchev–Trinajstić information content (AvgIpc) is 3.36. The molecule has 400 valence electrons. The van der Waals surface area contributed by atoms with Gasteiger partial charge in [-0.15, -0.1) is 0 Å². The summed E-state index contributed by atoms with van der Waals surface area (Å²) < 4.78 is 15.2. The van der Waals surface area contributed by atoms with Crippen LogP contribution in [0.2, 0.25) is 0 Å². The van der Waals surface area contributed by atoms with Crippen LogP contribution < -0.4 is 27.2 Å². The van der Waals surface area contributed by atoms with Gasteiger partial charge in [-0.2, -0.15) is 0 Å². The molecule has 1 saturated heterocycles. The van der Waals surface area contributed by atoms with Gasteiger partial charge in [0.25, 0.3) is 5.91 Å². The third-order valence-electron chi connectivity index (χ3n) is 21.5. The van der Waals surface area contributed by atoms with Crippen molar-refractivity contribution in [1.29, 1.82) is 0 Å². The number of fused-ring (bicyclic) bond motifs is 9. The van der Waals surface area contributed by atoms with Crippen molar-refractivity contribution in [2.75, 3.05) is 57.3 Å². The van der Waals surface area contributed by atoms with E-state index < -0.39 is 5.41 Å². The van der Waals surface area contributed by atoms with E-state index in [0.717, 1.165) is 128 Å². The molecule has 6 aliphatic carbocycles. The maximum atomic E-state index is 15.7. The number of esters is 1. The predicted molar refractivity (Wildman–Crippen MR) is 295 cm³/mol. The van der Waals surface area contributed by atoms with Gasteiger partial charge in [0.05, 0.1) is 11.5 Å². The van der Waals surface area contributed by atoms with E-state index in [1.807, 2.05) is 23.1 Å². The van der Waals surface area contributed by atoms with Crippen molar-refractivity contribution in [3.05, 3.63) is 83.2 Å². The van der Waals surface area contributed by atoms with Crippen LogP contribution in [0, 0.1) is 50.2 Å². The Hall–Kier alpha value is -4.63. The zero-order valence-corrected chi connectivity index (χ0v) is 47.9. The lowest BCUT2D eigenvalue weighted by molar-refractivity contribution is -0.212. The second-order valence-corrected chi connectivity index (χ2v) is 25.6. The van der Waals surface area contributed by atoms with Crippen LogP contribution in [0.25, 0.3) is 33.4 Å². The summed E-state index contributed by atoms with van der Waals surface area (Å²) in [6.07, 6.45) is 13.0. The topological polar surface area (TPSA) is 86.3 Å². The summed E-state index contributed by atoms with van der Waals surface area (Å²) in [6, 6.07) is 21.2. The monoisotopic (exact) mass is 1030 g/mol. The number of ether oxygens (including phenoxy) is 1. The summed E-state index contributed by atoms with van der Waals surface area (Å²) in [5.74, 6) is 2.20. The Labute approximate surface area is 449 Å². The minimum Gasteiger partial charge on any atom is -1.00 e. The molecule has 0 unspecified atom stereocenters. The van der Waals surface area contributed by atoms with Crippen molar-refractivity contribution in [2.24, 2.45) is 50.2 Å². The number of nitrogens with zero attached hydrogens (tertiary/aromatic N) is 4. The van der Waals surface area contributed by atoms with Crippen molar-refractivity contribution < 1.29 is 35.9 Å². The highest BCUT2D eigenvalue weighted by Crippen LogP contribution is 2.76. The van der Waals surface area contributed by atoms with E-state index in [1.165, 1.54) is 6.42 Å². The molecular weight excluding hydrogens is 940 g/mol. The third kappa shape index (κ3) is 8.45. The third-order valence-corrected chi connectivity index (χ3v) is 21.5. The number of allylic oxidation sites excluding steroid dienone is 2. The van der Waals surface area contributed by atoms with Crippen molar-refractivity contribution in [3.63, 3.8) is 0 Å². The summed E-state index contributed by atoms with van der Waals surface area (Å²) >= 11 is 0. The number of piperazine rings is 1. The number of anilines is 1. The normalized spacial score (nSPS) is 30.9. The molecule has 0 bridgehead atoms. The van der Waals surface area contributed by atoms with Gasteiger partial charge >= 0.3 is 5.97 Å². The molecule has 0 N–H and O–H groups in total. The van der Waals surface area contributed by atoms with Crippen LogP contribution in [0.1, 0.15) is 158 Å². The van der Waals surface area contributed by atoms with Crippen LogP contribution >= 0.6 is 0 Å². The Kier molecular flexibility index (Phi) is 14.5. The zero-order chi connectivity index (χ0) is 52.0. The van der Waals surface area contributed by atoms with Gasteiger partial charge in [-0.1, -0.05) is 78.3 Å². The van der Waals surface area contributed by atoms with Gasteiger partial charge < -0.3 is 36.3 Å². The second-order valence-electron chi connectivity index (χ2n) is 25.6. The van der Waals surface area contributed by atoms with Gasteiger partial charge in [-0.3, -0.25) is 14.4 Å². The van der Waals surface area contributed by atoms with E-state index in [4.69, 9.17) is 9.15 Å². The molecule has 4 saturated carbocycles. The fraction of sp³-hybridized carbons (Fsp3) is 0.625. The number of hydrogen-bond acceptors (Lipinski definition) is 6. The van der Waals surface area contributed by atoms with Crippen LogP contribution in [0.3, 0.4) is 0 Å². The molecule has 2 amide bonds. The Balaban J connectivity index is 0.00000672. The zero-order valence-electron chi connectivity index (χ0n) is 47.1. The number of hydrogen-bond donors (Lipinski definition) is 0. The van der Waals surface area contributed by atoms with Gasteiger partial charge in [0, 0.05) is 91.5 Å². The Morgan fingerprint density at radius 3 is 2.14 bits per heavy atom. The lowest BCUT2D eigenvalue weighted by atomic mass is 9.33. The number of halogens is 1. The standard InChI is InChI=1S/C64H87N4O5.ClH/c1-13-65(14-2)43-21-23-47-51(39-43)73-52-40-44(66(15-3)16-4)22-24-48(52)56(47)45-19-17-18-20-46(45)57(70)67-35-37-68(38-36-67)58(71)64-33-31-59(6,7)41-50(64)49-25-26-54-61(10)29-28-55(72-42(5)69)60(8,9)53(61)27-30-63(54,12)62(49,11)32-34-64;/h17-25,39-40,50,53-55H,13-16,26-38,41H2,1-12H3;1H/q+1;/p-1/t50-,53-,54+,55-,61-,62+,63+,64-;/m0./s1. The van der Waals surface area contributed by atoms with Gasteiger partial charge in [-0.25, -0.2) is 4.58 Å². The fourth-order valence-corrected chi connectivity index (χ4v) is 17.2. The first-order valence-corrected chi connectivity index (χ1v) is 28.6. The molecule has 10 rings (SSSR count). The van der Waals surface area contributed by atoms with Crippen LogP contribution in [0.4, 0.5) is 5.69 Å². The summed E-state index contributed by atoms with van der Waals surface area (Å²) in [7, 11) is 0. The van der Waals surface area contributed by atoms with E-state index in [2.05, 4.69) is 139 Å². The van der Waals surface area contributed by atoms with Crippen LogP contribution in [-0.4, -0.2) is 86.0 Å². The molecule has 74 heavy (non-hydrogen) atoms. The molecular formula is C64H87ClN4O5. The molecule has 2 aliphatic heterocycles. The van der Waals surface area contributed by atoms with E-state index >= 15 is 9.59 Å². The predicted octanol–water partition coefficient (Wildman–Crippen LogP) is 9.88. The molecule has 8 atom stereocenters. The smallest absolute Gasteiger partial charge is 0.302 e. The molecule has 0 radical (unpaired) electrons. The highest BCUT2D eigenvalue weighted by molar-refractivity contribution is 6.09. The lowest BCUT2D eigenvalue weighted by Gasteiger charge is -2.71. The first-order valence-electron chi connectivity index (χ1n) is 28.6. The molecule has 0 aromatic heterocycles. The number of benzene rings is 3. The lowest BCUT2D eigenvalue weighted by Crippen LogP contribution is -3.00. The van der Waals surface area contributed by atoms with Crippen LogP contribution in [0.5, 0.6) is 0 Å². The largest absolute Gasteiger partial charge is 1.00 e. The minimum atomic E-state index is -0.426. The second kappa shape index (κ2) is 19.7. The molecule has 0 spiro atoms. The first kappa shape index (κ1) is 54.2. The van der Waals surface area contributed by atoms with Gasteiger partial charge in [-0.05, 0) is 161 Å². The minimum absolute atomic E-state index is 0. The van der Waals surface area contributed by atoms with Crippen LogP contribution in [0.15, 0.2) is 76.7 Å². The van der Waals surface area contributed by atoms with Crippen LogP contribution in [-0.2, 0) is 14.3 Å². The van der Waals surface area contributed by atoms with E-state index in [-0.39, 0.29) is 63.4 Å². The Morgan fingerprint density at radius 2 is 1.45 bits per heavy atom. The highest BCUT2D eigenvalue weighted by atomic mass is 35.5. The molecule has 2 aromatic rings. The fourth-order valence-electron chi connectivity index (χ4n) is 17.2. The summed E-state index contributed by atoms with van der Waals surface area (Å²) in [5.41, 5.74) is 6.97. The number of carbonyl (C=O) groups excluding carboxylic acids is 3. The molecule has 2 heterocycles. The first-order chi connectivity index (χ1) is 34.7. The molecule has 9 nitrogen and oxygen atoms in total. The number of rotatable bonds is 9. The number of carbonyl (C=O) groups is 3. The maximum Gasteiger partial charge on any atom is 0.302 e. The Bertz CT molecular complexity index is 2880. The SMILES string of the molecule is CCN(CC)c1ccc2c(-c3ccccc3C(=O)N3CCN(C(=O)[C@]45CCC(C)(C)C[C@H]4C4=CC[C@@H]6[C@@]7(C)CC[C@H](OC(C)=O)C(C)(C)[C@@H]7CC[C@@]6(C)[C@]4(C)CC5)CC3)c3ccc(=[N+](CC)CC)cc-3oc2c1.[Cl-]. The molecule has 2 aromatic carbocycles. The van der Waals surface area contributed by atoms with E-state index in [9.17, 15) is 4.79 Å². The molecule has 8 aliphatic rings. The molecule has 5 fully saturated rings. The van der Waals surface area contributed by atoms with Crippen molar-refractivity contribution >= 4 is 34.4 Å². The van der Waals surface area contributed by atoms with E-state index in [0.29, 0.717) is 49.5 Å². The number of amides is 2. The summed E-state index contributed by atoms with van der Waals surface area (Å²) in [5, 5.41) is 2.10. The maximum absolute atomic E-state index is 15.7. The van der Waals surface area contributed by atoms with Crippen molar-refractivity contribution in [1.82, 2.24) is 14.4 Å². The van der Waals surface area contributed by atoms with Gasteiger partial charge in [0.2, 0.25) is 11.3 Å². The summed E-state index contributed by atoms with van der Waals surface area (Å²) in [6.45, 7) is 33.4. The van der Waals surface area contributed by atoms with Gasteiger partial charge in [0.15, 0.2) is 0 Å². The Morgan fingerprint density at radius 1 is 0.757 bits per heavy atom. The molecule has 10 heteroatoms. The highest BCUT2D eigenvalue weighted by Gasteiger charge is 2.69.